The number of thiazole rings is 1. The Hall–Kier alpha value is -2.50. The Balaban J connectivity index is 1.54. The molecule has 1 unspecified atom stereocenters. The van der Waals surface area contributed by atoms with Gasteiger partial charge in [0.2, 0.25) is 0 Å². The Morgan fingerprint density at radius 2 is 1.97 bits per heavy atom. The summed E-state index contributed by atoms with van der Waals surface area (Å²) in [5, 5.41) is 3.14. The van der Waals surface area contributed by atoms with Crippen LogP contribution in [0.25, 0.3) is 11.4 Å². The van der Waals surface area contributed by atoms with E-state index in [-0.39, 0.29) is 54.9 Å². The first-order valence-electron chi connectivity index (χ1n) is 10.7. The van der Waals surface area contributed by atoms with Crippen molar-refractivity contribution < 1.29 is 18.0 Å². The van der Waals surface area contributed by atoms with Crippen molar-refractivity contribution in [3.63, 3.8) is 0 Å². The summed E-state index contributed by atoms with van der Waals surface area (Å²) < 4.78 is 40.7. The third-order valence-electron chi connectivity index (χ3n) is 5.76. The fourth-order valence-electron chi connectivity index (χ4n) is 3.99. The largest absolute Gasteiger partial charge is 0.350 e. The Morgan fingerprint density at radius 1 is 1.29 bits per heavy atom. The predicted octanol–water partition coefficient (Wildman–Crippen LogP) is 3.16. The zero-order valence-electron chi connectivity index (χ0n) is 18.6. The van der Waals surface area contributed by atoms with E-state index < -0.39 is 17.6 Å². The van der Waals surface area contributed by atoms with Crippen LogP contribution in [0.15, 0.2) is 30.6 Å². The number of rotatable bonds is 6. The van der Waals surface area contributed by atoms with Gasteiger partial charge in [-0.15, -0.1) is 11.3 Å². The van der Waals surface area contributed by atoms with Gasteiger partial charge in [-0.25, -0.2) is 23.1 Å². The van der Waals surface area contributed by atoms with Gasteiger partial charge in [0.15, 0.2) is 19.5 Å². The van der Waals surface area contributed by atoms with Gasteiger partial charge in [-0.1, -0.05) is 11.6 Å². The van der Waals surface area contributed by atoms with E-state index in [1.165, 1.54) is 11.3 Å². The summed E-state index contributed by atoms with van der Waals surface area (Å²) >= 11 is 7.78. The highest BCUT2D eigenvalue weighted by Gasteiger charge is 2.37. The molecular formula is C22H22BClF3N5OS. The molecule has 1 aromatic carbocycles. The van der Waals surface area contributed by atoms with Gasteiger partial charge < -0.3 is 5.32 Å². The first-order valence-corrected chi connectivity index (χ1v) is 11.9. The summed E-state index contributed by atoms with van der Waals surface area (Å²) in [6, 6.07) is 4.46. The molecule has 0 bridgehead atoms. The van der Waals surface area contributed by atoms with Gasteiger partial charge in [0.05, 0.1) is 34.7 Å². The van der Waals surface area contributed by atoms with E-state index in [0.717, 1.165) is 27.9 Å². The Bertz CT molecular complexity index is 1180. The summed E-state index contributed by atoms with van der Waals surface area (Å²) in [6.07, 6.45) is 1.64. The third-order valence-corrected chi connectivity index (χ3v) is 7.26. The van der Waals surface area contributed by atoms with E-state index in [1.54, 1.807) is 18.2 Å². The van der Waals surface area contributed by atoms with Crippen LogP contribution in [0, 0.1) is 12.7 Å². The molecule has 1 saturated heterocycles. The normalized spacial score (nSPS) is 16.9. The van der Waals surface area contributed by atoms with Crippen LogP contribution >= 0.6 is 22.9 Å². The van der Waals surface area contributed by atoms with E-state index in [0.29, 0.717) is 5.56 Å². The lowest BCUT2D eigenvalue weighted by atomic mass is 10.0. The summed E-state index contributed by atoms with van der Waals surface area (Å²) in [5.41, 5.74) is 1.55. The lowest BCUT2D eigenvalue weighted by molar-refractivity contribution is -0.0629. The third kappa shape index (κ3) is 5.59. The van der Waals surface area contributed by atoms with Crippen molar-refractivity contribution in [2.45, 2.75) is 31.7 Å². The first-order chi connectivity index (χ1) is 16.1. The second kappa shape index (κ2) is 10.0. The van der Waals surface area contributed by atoms with Crippen LogP contribution in [0.1, 0.15) is 39.8 Å². The number of nitrogens with zero attached hydrogens (tertiary/aromatic N) is 4. The van der Waals surface area contributed by atoms with Crippen molar-refractivity contribution in [2.24, 2.45) is 0 Å². The topological polar surface area (TPSA) is 71.0 Å². The first kappa shape index (κ1) is 24.6. The van der Waals surface area contributed by atoms with Crippen LogP contribution in [0.5, 0.6) is 0 Å². The number of amides is 1. The second-order valence-corrected chi connectivity index (χ2v) is 9.86. The molecule has 1 aliphatic rings. The van der Waals surface area contributed by atoms with E-state index >= 15 is 0 Å². The van der Waals surface area contributed by atoms with E-state index in [1.807, 2.05) is 19.7 Å². The number of hydrogen-bond donors (Lipinski definition) is 1. The number of carbonyl (C=O) groups excluding carboxylic acids is 1. The molecule has 6 nitrogen and oxygen atoms in total. The van der Waals surface area contributed by atoms with Crippen LogP contribution in [0.2, 0.25) is 5.02 Å². The molecule has 34 heavy (non-hydrogen) atoms. The average Bonchev–Trinajstić information content (AvgIpc) is 3.13. The van der Waals surface area contributed by atoms with Crippen LogP contribution in [0.4, 0.5) is 13.2 Å². The lowest BCUT2D eigenvalue weighted by Crippen LogP contribution is -2.45. The summed E-state index contributed by atoms with van der Waals surface area (Å²) in [7, 11) is 1.89. The van der Waals surface area contributed by atoms with Crippen molar-refractivity contribution in [1.82, 2.24) is 25.2 Å². The molecular weight excluding hydrogens is 486 g/mol. The number of aromatic nitrogens is 3. The second-order valence-electron chi connectivity index (χ2n) is 8.22. The minimum Gasteiger partial charge on any atom is -0.350 e. The van der Waals surface area contributed by atoms with Crippen LogP contribution in [-0.4, -0.2) is 59.2 Å². The molecule has 2 aromatic heterocycles. The lowest BCUT2D eigenvalue weighted by Gasteiger charge is -2.37. The number of benzene rings is 1. The van der Waals surface area contributed by atoms with E-state index in [9.17, 15) is 18.0 Å². The molecule has 0 radical (unpaired) electrons. The van der Waals surface area contributed by atoms with Crippen LogP contribution < -0.4 is 10.2 Å². The molecule has 4 rings (SSSR count). The number of nitrogens with one attached hydrogen (secondary N) is 1. The van der Waals surface area contributed by atoms with Gasteiger partial charge in [0, 0.05) is 47.8 Å². The predicted molar refractivity (Wildman–Crippen MR) is 128 cm³/mol. The SMILES string of the molecule is Bc1nc(C)c(C(CNC(=O)c2cc(-c3ncc(F)cn3)ccc2Cl)N2CCC(F)(F)CC2)s1. The number of piperidine rings is 1. The maximum Gasteiger partial charge on any atom is 0.252 e. The standard InChI is InChI=1S/C22H22BClF3N5OS/c1-12-18(34-21(23)31-12)17(32-6-4-22(26,27)5-7-32)11-30-20(33)15-8-13(2-3-16(15)24)19-28-9-14(25)10-29-19/h2-3,8-10,17H,4-7,11,23H2,1H3,(H,30,33). The van der Waals surface area contributed by atoms with E-state index in [2.05, 4.69) is 20.3 Å². The maximum absolute atomic E-state index is 13.8. The summed E-state index contributed by atoms with van der Waals surface area (Å²) in [5.74, 6) is -3.39. The molecule has 3 aromatic rings. The minimum atomic E-state index is -2.67. The number of carbonyl (C=O) groups is 1. The molecule has 12 heteroatoms. The number of likely N-dealkylation sites (tertiary alicyclic amines) is 1. The van der Waals surface area contributed by atoms with Crippen molar-refractivity contribution >= 4 is 41.6 Å². The summed E-state index contributed by atoms with van der Waals surface area (Å²) in [4.78, 5) is 29.2. The number of alkyl halides is 2. The van der Waals surface area contributed by atoms with Gasteiger partial charge in [-0.2, -0.15) is 0 Å². The van der Waals surface area contributed by atoms with E-state index in [4.69, 9.17) is 11.6 Å². The molecule has 1 aliphatic heterocycles. The Morgan fingerprint density at radius 3 is 2.59 bits per heavy atom. The molecule has 0 aliphatic carbocycles. The highest BCUT2D eigenvalue weighted by Crippen LogP contribution is 2.34. The zero-order valence-corrected chi connectivity index (χ0v) is 20.2. The summed E-state index contributed by atoms with van der Waals surface area (Å²) in [6.45, 7) is 2.54. The van der Waals surface area contributed by atoms with Gasteiger partial charge in [-0.05, 0) is 25.1 Å². The average molecular weight is 508 g/mol. The number of halogens is 4. The van der Waals surface area contributed by atoms with Crippen molar-refractivity contribution in [3.8, 4) is 11.4 Å². The quantitative estimate of drug-likeness (QED) is 0.519. The fraction of sp³-hybridized carbons (Fsp3) is 0.364. The van der Waals surface area contributed by atoms with Crippen molar-refractivity contribution in [3.05, 3.63) is 57.6 Å². The number of hydrogen-bond acceptors (Lipinski definition) is 6. The molecule has 178 valence electrons. The van der Waals surface area contributed by atoms with Crippen molar-refractivity contribution in [2.75, 3.05) is 19.6 Å². The number of aryl methyl sites for hydroxylation is 1. The zero-order chi connectivity index (χ0) is 24.5. The smallest absolute Gasteiger partial charge is 0.252 e. The highest BCUT2D eigenvalue weighted by atomic mass is 35.5. The minimum absolute atomic E-state index is 0.209. The molecule has 1 amide bonds. The van der Waals surface area contributed by atoms with Gasteiger partial charge in [0.1, 0.15) is 0 Å². The molecule has 3 heterocycles. The molecule has 0 saturated carbocycles. The van der Waals surface area contributed by atoms with Crippen LogP contribution in [0.3, 0.4) is 0 Å². The van der Waals surface area contributed by atoms with Crippen LogP contribution in [-0.2, 0) is 0 Å². The Kier molecular flexibility index (Phi) is 7.25. The molecule has 0 spiro atoms. The molecule has 1 atom stereocenters. The Labute approximate surface area is 205 Å². The maximum atomic E-state index is 13.8. The van der Waals surface area contributed by atoms with Gasteiger partial charge in [0.25, 0.3) is 11.8 Å². The fourth-order valence-corrected chi connectivity index (χ4v) is 5.26. The monoisotopic (exact) mass is 507 g/mol. The molecule has 1 N–H and O–H groups in total. The highest BCUT2D eigenvalue weighted by molar-refractivity contribution is 7.19. The molecule has 1 fully saturated rings. The van der Waals surface area contributed by atoms with Gasteiger partial charge in [-0.3, -0.25) is 14.7 Å². The van der Waals surface area contributed by atoms with Gasteiger partial charge >= 0.3 is 0 Å². The van der Waals surface area contributed by atoms with Crippen molar-refractivity contribution in [1.29, 1.82) is 0 Å².